The van der Waals surface area contributed by atoms with Crippen LogP contribution in [0.5, 0.6) is 0 Å². The first-order valence-corrected chi connectivity index (χ1v) is 9.58. The summed E-state index contributed by atoms with van der Waals surface area (Å²) < 4.78 is 0. The fraction of sp³-hybridized carbons (Fsp3) is 0.600. The van der Waals surface area contributed by atoms with E-state index in [0.717, 1.165) is 26.2 Å². The second-order valence-corrected chi connectivity index (χ2v) is 7.90. The number of nitrogens with zero attached hydrogens (tertiary/aromatic N) is 3. The van der Waals surface area contributed by atoms with E-state index >= 15 is 0 Å². The molecule has 0 spiro atoms. The van der Waals surface area contributed by atoms with Crippen molar-refractivity contribution in [3.63, 3.8) is 0 Å². The van der Waals surface area contributed by atoms with Gasteiger partial charge >= 0.3 is 0 Å². The second kappa shape index (κ2) is 8.08. The molecule has 6 nitrogen and oxygen atoms in total. The van der Waals surface area contributed by atoms with E-state index in [2.05, 4.69) is 18.7 Å². The standard InChI is InChI=1S/C20H30N4O2/c1-15-11-16(2)13-24(12-15)19(25)14-22-7-9-23(10-8-22)20(26)17-5-3-4-6-18(17)21/h3-6,15-16H,7-14,21H2,1-2H3. The number of likely N-dealkylation sites (tertiary alicyclic amines) is 1. The van der Waals surface area contributed by atoms with Crippen molar-refractivity contribution in [2.24, 2.45) is 11.8 Å². The first kappa shape index (κ1) is 18.7. The number of benzene rings is 1. The largest absolute Gasteiger partial charge is 0.398 e. The van der Waals surface area contributed by atoms with Gasteiger partial charge in [0.2, 0.25) is 5.91 Å². The number of piperidine rings is 1. The van der Waals surface area contributed by atoms with Crippen LogP contribution >= 0.6 is 0 Å². The van der Waals surface area contributed by atoms with Gasteiger partial charge in [0.05, 0.1) is 12.1 Å². The summed E-state index contributed by atoms with van der Waals surface area (Å²) in [4.78, 5) is 31.3. The molecular weight excluding hydrogens is 328 g/mol. The lowest BCUT2D eigenvalue weighted by molar-refractivity contribution is -0.135. The van der Waals surface area contributed by atoms with Crippen LogP contribution in [-0.4, -0.2) is 72.3 Å². The summed E-state index contributed by atoms with van der Waals surface area (Å²) in [5, 5.41) is 0. The lowest BCUT2D eigenvalue weighted by Gasteiger charge is -2.38. The Bertz CT molecular complexity index is 645. The van der Waals surface area contributed by atoms with Gasteiger partial charge in [-0.15, -0.1) is 0 Å². The molecule has 142 valence electrons. The lowest BCUT2D eigenvalue weighted by Crippen LogP contribution is -2.53. The van der Waals surface area contributed by atoms with Gasteiger partial charge in [0, 0.05) is 45.0 Å². The summed E-state index contributed by atoms with van der Waals surface area (Å²) in [5.41, 5.74) is 7.00. The fourth-order valence-corrected chi connectivity index (χ4v) is 4.13. The molecule has 0 radical (unpaired) electrons. The highest BCUT2D eigenvalue weighted by Crippen LogP contribution is 2.21. The van der Waals surface area contributed by atoms with Gasteiger partial charge < -0.3 is 15.5 Å². The second-order valence-electron chi connectivity index (χ2n) is 7.90. The number of nitrogens with two attached hydrogens (primary N) is 1. The Hall–Kier alpha value is -2.08. The highest BCUT2D eigenvalue weighted by atomic mass is 16.2. The average Bonchev–Trinajstić information content (AvgIpc) is 2.61. The van der Waals surface area contributed by atoms with Gasteiger partial charge in [0.1, 0.15) is 0 Å². The molecule has 0 aliphatic carbocycles. The lowest BCUT2D eigenvalue weighted by atomic mass is 9.92. The van der Waals surface area contributed by atoms with E-state index in [9.17, 15) is 9.59 Å². The quantitative estimate of drug-likeness (QED) is 0.832. The summed E-state index contributed by atoms with van der Waals surface area (Å²) in [6.45, 7) is 9.34. The van der Waals surface area contributed by atoms with Crippen molar-refractivity contribution in [1.29, 1.82) is 0 Å². The van der Waals surface area contributed by atoms with Gasteiger partial charge in [0.25, 0.3) is 5.91 Å². The van der Waals surface area contributed by atoms with Crippen LogP contribution in [0.2, 0.25) is 0 Å². The molecule has 2 fully saturated rings. The first-order chi connectivity index (χ1) is 12.4. The minimum absolute atomic E-state index is 0.0206. The van der Waals surface area contributed by atoms with Crippen LogP contribution in [0.25, 0.3) is 0 Å². The molecule has 26 heavy (non-hydrogen) atoms. The molecule has 0 bridgehead atoms. The Morgan fingerprint density at radius 3 is 2.23 bits per heavy atom. The van der Waals surface area contributed by atoms with Crippen LogP contribution in [0.3, 0.4) is 0 Å². The Balaban J connectivity index is 1.50. The van der Waals surface area contributed by atoms with E-state index in [1.165, 1.54) is 6.42 Å². The molecule has 0 saturated carbocycles. The normalized spacial score (nSPS) is 24.5. The van der Waals surface area contributed by atoms with Gasteiger partial charge in [0.15, 0.2) is 0 Å². The van der Waals surface area contributed by atoms with Gasteiger partial charge in [-0.1, -0.05) is 26.0 Å². The number of carbonyl (C=O) groups excluding carboxylic acids is 2. The molecule has 1 aromatic carbocycles. The molecule has 2 amide bonds. The maximum Gasteiger partial charge on any atom is 0.256 e. The van der Waals surface area contributed by atoms with E-state index in [-0.39, 0.29) is 11.8 Å². The maximum atomic E-state index is 12.6. The molecule has 2 aliphatic rings. The minimum atomic E-state index is -0.0206. The zero-order chi connectivity index (χ0) is 18.7. The predicted molar refractivity (Wildman–Crippen MR) is 103 cm³/mol. The predicted octanol–water partition coefficient (Wildman–Crippen LogP) is 1.53. The topological polar surface area (TPSA) is 69.9 Å². The maximum absolute atomic E-state index is 12.6. The van der Waals surface area contributed by atoms with Gasteiger partial charge in [-0.2, -0.15) is 0 Å². The van der Waals surface area contributed by atoms with Gasteiger partial charge in [-0.05, 0) is 30.4 Å². The molecule has 2 aliphatic heterocycles. The Kier molecular flexibility index (Phi) is 5.81. The average molecular weight is 358 g/mol. The van der Waals surface area contributed by atoms with E-state index in [1.807, 2.05) is 21.9 Å². The van der Waals surface area contributed by atoms with Crippen LogP contribution in [0.4, 0.5) is 5.69 Å². The Morgan fingerprint density at radius 2 is 1.62 bits per heavy atom. The third-order valence-corrected chi connectivity index (χ3v) is 5.43. The van der Waals surface area contributed by atoms with Crippen LogP contribution in [0.15, 0.2) is 24.3 Å². The number of hydrogen-bond donors (Lipinski definition) is 1. The number of amides is 2. The van der Waals surface area contributed by atoms with Crippen molar-refractivity contribution in [2.45, 2.75) is 20.3 Å². The highest BCUT2D eigenvalue weighted by molar-refractivity contribution is 5.99. The number of para-hydroxylation sites is 1. The zero-order valence-corrected chi connectivity index (χ0v) is 15.9. The molecular formula is C20H30N4O2. The summed E-state index contributed by atoms with van der Waals surface area (Å²) >= 11 is 0. The van der Waals surface area contributed by atoms with E-state index in [4.69, 9.17) is 5.73 Å². The third-order valence-electron chi connectivity index (χ3n) is 5.43. The molecule has 2 heterocycles. The van der Waals surface area contributed by atoms with E-state index in [1.54, 1.807) is 12.1 Å². The zero-order valence-electron chi connectivity index (χ0n) is 15.9. The summed E-state index contributed by atoms with van der Waals surface area (Å²) in [5.74, 6) is 1.35. The minimum Gasteiger partial charge on any atom is -0.398 e. The number of hydrogen-bond acceptors (Lipinski definition) is 4. The number of piperazine rings is 1. The van der Waals surface area contributed by atoms with Crippen molar-refractivity contribution in [3.8, 4) is 0 Å². The van der Waals surface area contributed by atoms with E-state index < -0.39 is 0 Å². The monoisotopic (exact) mass is 358 g/mol. The van der Waals surface area contributed by atoms with Crippen LogP contribution in [0, 0.1) is 11.8 Å². The third kappa shape index (κ3) is 4.36. The van der Waals surface area contributed by atoms with E-state index in [0.29, 0.717) is 42.7 Å². The molecule has 6 heteroatoms. The van der Waals surface area contributed by atoms with Crippen LogP contribution in [0.1, 0.15) is 30.6 Å². The summed E-state index contributed by atoms with van der Waals surface area (Å²) in [7, 11) is 0. The van der Waals surface area contributed by atoms with Crippen LogP contribution < -0.4 is 5.73 Å². The van der Waals surface area contributed by atoms with Crippen molar-refractivity contribution < 1.29 is 9.59 Å². The van der Waals surface area contributed by atoms with Crippen molar-refractivity contribution >= 4 is 17.5 Å². The summed E-state index contributed by atoms with van der Waals surface area (Å²) in [6.07, 6.45) is 1.20. The van der Waals surface area contributed by atoms with Crippen molar-refractivity contribution in [2.75, 3.05) is 51.5 Å². The number of nitrogen functional groups attached to an aromatic ring is 1. The summed E-state index contributed by atoms with van der Waals surface area (Å²) in [6, 6.07) is 7.19. The molecule has 2 atom stereocenters. The number of anilines is 1. The Morgan fingerprint density at radius 1 is 1.00 bits per heavy atom. The van der Waals surface area contributed by atoms with Gasteiger partial charge in [-0.25, -0.2) is 0 Å². The smallest absolute Gasteiger partial charge is 0.256 e. The molecule has 2 unspecified atom stereocenters. The molecule has 1 aromatic rings. The first-order valence-electron chi connectivity index (χ1n) is 9.58. The molecule has 2 N–H and O–H groups in total. The number of rotatable bonds is 3. The highest BCUT2D eigenvalue weighted by Gasteiger charge is 2.28. The fourth-order valence-electron chi connectivity index (χ4n) is 4.13. The number of carbonyl (C=O) groups is 2. The van der Waals surface area contributed by atoms with Crippen molar-refractivity contribution in [1.82, 2.24) is 14.7 Å². The van der Waals surface area contributed by atoms with Gasteiger partial charge in [-0.3, -0.25) is 14.5 Å². The molecule has 2 saturated heterocycles. The Labute approximate surface area is 155 Å². The molecule has 0 aromatic heterocycles. The van der Waals surface area contributed by atoms with Crippen molar-refractivity contribution in [3.05, 3.63) is 29.8 Å². The van der Waals surface area contributed by atoms with Crippen LogP contribution in [-0.2, 0) is 4.79 Å². The molecule has 3 rings (SSSR count). The SMILES string of the molecule is CC1CC(C)CN(C(=O)CN2CCN(C(=O)c3ccccc3N)CC2)C1.